The molecule has 0 spiro atoms. The standard InChI is InChI=1S/C22H17BrIN/c1-2-25-18-10-6-5-9-15(18)19-21(24)20(23)16-11-13-7-3-4-8-14(13)12-17(16)22(19)25/h3-10H,2,11-12H2,1H3. The van der Waals surface area contributed by atoms with Crippen LogP contribution in [0.5, 0.6) is 0 Å². The number of aromatic nitrogens is 1. The van der Waals surface area contributed by atoms with E-state index in [0.717, 1.165) is 19.4 Å². The molecule has 1 aromatic heterocycles. The molecule has 1 aliphatic carbocycles. The van der Waals surface area contributed by atoms with Gasteiger partial charge in [0.25, 0.3) is 0 Å². The molecule has 0 bridgehead atoms. The highest BCUT2D eigenvalue weighted by Gasteiger charge is 2.26. The maximum atomic E-state index is 3.94. The van der Waals surface area contributed by atoms with Gasteiger partial charge in [-0.3, -0.25) is 0 Å². The fourth-order valence-corrected chi connectivity index (χ4v) is 5.79. The second-order valence-electron chi connectivity index (χ2n) is 6.69. The summed E-state index contributed by atoms with van der Waals surface area (Å²) in [4.78, 5) is 0. The molecule has 1 nitrogen and oxygen atoms in total. The van der Waals surface area contributed by atoms with Crippen LogP contribution in [-0.2, 0) is 19.4 Å². The molecule has 0 fully saturated rings. The van der Waals surface area contributed by atoms with E-state index in [0.29, 0.717) is 0 Å². The molecule has 3 aromatic carbocycles. The number of hydrogen-bond acceptors (Lipinski definition) is 0. The van der Waals surface area contributed by atoms with Gasteiger partial charge in [0.1, 0.15) is 0 Å². The topological polar surface area (TPSA) is 4.93 Å². The Labute approximate surface area is 169 Å². The first-order valence-corrected chi connectivity index (χ1v) is 10.5. The minimum atomic E-state index is 0.996. The van der Waals surface area contributed by atoms with Gasteiger partial charge in [-0.15, -0.1) is 0 Å². The molecular formula is C22H17BrIN. The summed E-state index contributed by atoms with van der Waals surface area (Å²) in [5.41, 5.74) is 8.67. The zero-order valence-electron chi connectivity index (χ0n) is 13.9. The molecule has 124 valence electrons. The molecule has 0 N–H and O–H groups in total. The monoisotopic (exact) mass is 501 g/mol. The average Bonchev–Trinajstić information content (AvgIpc) is 2.99. The van der Waals surface area contributed by atoms with E-state index in [1.807, 2.05) is 0 Å². The summed E-state index contributed by atoms with van der Waals surface area (Å²) in [7, 11) is 0. The summed E-state index contributed by atoms with van der Waals surface area (Å²) >= 11 is 6.46. The molecule has 25 heavy (non-hydrogen) atoms. The van der Waals surface area contributed by atoms with Crippen molar-refractivity contribution in [1.82, 2.24) is 4.57 Å². The van der Waals surface area contributed by atoms with E-state index in [9.17, 15) is 0 Å². The Morgan fingerprint density at radius 2 is 1.60 bits per heavy atom. The lowest BCUT2D eigenvalue weighted by Crippen LogP contribution is -2.11. The molecule has 5 rings (SSSR count). The summed E-state index contributed by atoms with van der Waals surface area (Å²) < 4.78 is 5.13. The summed E-state index contributed by atoms with van der Waals surface area (Å²) in [6, 6.07) is 17.7. The van der Waals surface area contributed by atoms with Crippen molar-refractivity contribution in [2.24, 2.45) is 0 Å². The molecule has 1 heterocycles. The smallest absolute Gasteiger partial charge is 0.0541 e. The first-order chi connectivity index (χ1) is 12.2. The summed E-state index contributed by atoms with van der Waals surface area (Å²) in [6.45, 7) is 3.25. The lowest BCUT2D eigenvalue weighted by atomic mass is 9.85. The first-order valence-electron chi connectivity index (χ1n) is 8.67. The van der Waals surface area contributed by atoms with Gasteiger partial charge in [0, 0.05) is 37.3 Å². The zero-order valence-corrected chi connectivity index (χ0v) is 17.7. The minimum Gasteiger partial charge on any atom is -0.340 e. The van der Waals surface area contributed by atoms with E-state index >= 15 is 0 Å². The van der Waals surface area contributed by atoms with Crippen LogP contribution in [0.4, 0.5) is 0 Å². The molecule has 3 heteroatoms. The van der Waals surface area contributed by atoms with Gasteiger partial charge in [0.2, 0.25) is 0 Å². The first kappa shape index (κ1) is 15.9. The van der Waals surface area contributed by atoms with E-state index in [4.69, 9.17) is 0 Å². The molecule has 0 saturated heterocycles. The Morgan fingerprint density at radius 3 is 2.32 bits per heavy atom. The lowest BCUT2D eigenvalue weighted by Gasteiger charge is -2.24. The maximum absolute atomic E-state index is 3.94. The van der Waals surface area contributed by atoms with E-state index in [2.05, 4.69) is 98.5 Å². The van der Waals surface area contributed by atoms with Gasteiger partial charge in [-0.1, -0.05) is 42.5 Å². The van der Waals surface area contributed by atoms with Crippen molar-refractivity contribution in [3.05, 3.63) is 78.8 Å². The van der Waals surface area contributed by atoms with Gasteiger partial charge in [-0.25, -0.2) is 0 Å². The van der Waals surface area contributed by atoms with Crippen molar-refractivity contribution < 1.29 is 0 Å². The number of benzene rings is 3. The van der Waals surface area contributed by atoms with E-state index in [1.165, 1.54) is 52.1 Å². The summed E-state index contributed by atoms with van der Waals surface area (Å²) in [5.74, 6) is 0. The van der Waals surface area contributed by atoms with Gasteiger partial charge in [-0.05, 0) is 80.2 Å². The predicted molar refractivity (Wildman–Crippen MR) is 118 cm³/mol. The largest absolute Gasteiger partial charge is 0.340 e. The van der Waals surface area contributed by atoms with E-state index in [1.54, 1.807) is 0 Å². The number of para-hydroxylation sites is 1. The maximum Gasteiger partial charge on any atom is 0.0541 e. The Morgan fingerprint density at radius 1 is 0.960 bits per heavy atom. The minimum absolute atomic E-state index is 0.996. The van der Waals surface area contributed by atoms with Crippen LogP contribution in [0.3, 0.4) is 0 Å². The van der Waals surface area contributed by atoms with Crippen LogP contribution in [0, 0.1) is 3.57 Å². The number of halogens is 2. The van der Waals surface area contributed by atoms with Crippen molar-refractivity contribution in [2.45, 2.75) is 26.3 Å². The van der Waals surface area contributed by atoms with Gasteiger partial charge < -0.3 is 4.57 Å². The third-order valence-corrected chi connectivity index (χ3v) is 8.16. The van der Waals surface area contributed by atoms with Gasteiger partial charge in [0.15, 0.2) is 0 Å². The molecule has 0 aliphatic heterocycles. The number of nitrogens with zero attached hydrogens (tertiary/aromatic N) is 1. The lowest BCUT2D eigenvalue weighted by molar-refractivity contribution is 0.819. The van der Waals surface area contributed by atoms with Crippen LogP contribution in [-0.4, -0.2) is 4.57 Å². The highest BCUT2D eigenvalue weighted by Crippen LogP contribution is 2.44. The van der Waals surface area contributed by atoms with Crippen LogP contribution in [0.2, 0.25) is 0 Å². The van der Waals surface area contributed by atoms with Crippen LogP contribution in [0.1, 0.15) is 29.2 Å². The second-order valence-corrected chi connectivity index (χ2v) is 8.56. The third-order valence-electron chi connectivity index (χ3n) is 5.47. The second kappa shape index (κ2) is 5.85. The van der Waals surface area contributed by atoms with Crippen molar-refractivity contribution >= 4 is 60.3 Å². The predicted octanol–water partition coefficient (Wildman–Crippen LogP) is 6.68. The molecule has 0 saturated carbocycles. The van der Waals surface area contributed by atoms with Gasteiger partial charge in [-0.2, -0.15) is 0 Å². The van der Waals surface area contributed by atoms with Crippen molar-refractivity contribution in [3.8, 4) is 0 Å². The molecule has 0 radical (unpaired) electrons. The van der Waals surface area contributed by atoms with Crippen LogP contribution >= 0.6 is 38.5 Å². The quantitative estimate of drug-likeness (QED) is 0.226. The Bertz CT molecular complexity index is 1160. The average molecular weight is 502 g/mol. The van der Waals surface area contributed by atoms with Gasteiger partial charge >= 0.3 is 0 Å². The van der Waals surface area contributed by atoms with E-state index in [-0.39, 0.29) is 0 Å². The zero-order chi connectivity index (χ0) is 17.1. The molecule has 0 amide bonds. The number of hydrogen-bond donors (Lipinski definition) is 0. The molecule has 1 aliphatic rings. The van der Waals surface area contributed by atoms with Crippen molar-refractivity contribution in [3.63, 3.8) is 0 Å². The Balaban J connectivity index is 1.96. The van der Waals surface area contributed by atoms with E-state index < -0.39 is 0 Å². The Hall–Kier alpha value is -1.33. The molecule has 0 unspecified atom stereocenters. The SMILES string of the molecule is CCn1c2ccccc2c2c(I)c(Br)c3c(c21)Cc1ccccc1C3. The summed E-state index contributed by atoms with van der Waals surface area (Å²) in [6.07, 6.45) is 2.04. The summed E-state index contributed by atoms with van der Waals surface area (Å²) in [5, 5.41) is 2.77. The molecule has 0 atom stereocenters. The fourth-order valence-electron chi connectivity index (χ4n) is 4.34. The van der Waals surface area contributed by atoms with Crippen LogP contribution in [0.25, 0.3) is 21.8 Å². The molecule has 4 aromatic rings. The van der Waals surface area contributed by atoms with Crippen molar-refractivity contribution in [1.29, 1.82) is 0 Å². The third kappa shape index (κ3) is 2.18. The number of aryl methyl sites for hydroxylation is 1. The van der Waals surface area contributed by atoms with Crippen LogP contribution < -0.4 is 0 Å². The van der Waals surface area contributed by atoms with Crippen molar-refractivity contribution in [2.75, 3.05) is 0 Å². The fraction of sp³-hybridized carbons (Fsp3) is 0.182. The highest BCUT2D eigenvalue weighted by atomic mass is 127. The highest BCUT2D eigenvalue weighted by molar-refractivity contribution is 14.1. The van der Waals surface area contributed by atoms with Gasteiger partial charge in [0.05, 0.1) is 5.52 Å². The number of fused-ring (bicyclic) bond motifs is 6. The number of rotatable bonds is 1. The van der Waals surface area contributed by atoms with Crippen LogP contribution in [0.15, 0.2) is 53.0 Å². The molecular weight excluding hydrogens is 485 g/mol. The Kier molecular flexibility index (Phi) is 3.72. The normalized spacial score (nSPS) is 13.2.